The third-order valence-corrected chi connectivity index (χ3v) is 6.07. The molecule has 1 saturated heterocycles. The highest BCUT2D eigenvalue weighted by Crippen LogP contribution is 2.37. The number of β-amino-alcohol motifs (C(OH)–C–C–N with tert-alkyl or cyclic N) is 1. The van der Waals surface area contributed by atoms with Crippen molar-refractivity contribution in [3.63, 3.8) is 0 Å². The molecule has 0 bridgehead atoms. The molecule has 1 aliphatic rings. The number of nitrogens with zero attached hydrogens (tertiary/aromatic N) is 4. The van der Waals surface area contributed by atoms with E-state index in [0.29, 0.717) is 18.9 Å². The fourth-order valence-corrected chi connectivity index (χ4v) is 4.46. The number of H-pyrrole nitrogens is 1. The highest BCUT2D eigenvalue weighted by molar-refractivity contribution is 5.85. The Morgan fingerprint density at radius 2 is 2.03 bits per heavy atom. The molecule has 0 atom stereocenters. The molecule has 3 N–H and O–H groups in total. The lowest BCUT2D eigenvalue weighted by Gasteiger charge is -2.46. The van der Waals surface area contributed by atoms with Crippen molar-refractivity contribution in [2.24, 2.45) is 0 Å². The van der Waals surface area contributed by atoms with E-state index in [2.05, 4.69) is 44.5 Å². The van der Waals surface area contributed by atoms with E-state index in [-0.39, 0.29) is 0 Å². The highest BCUT2D eigenvalue weighted by atomic mass is 16.5. The number of methoxy groups -OCH3 is 1. The lowest BCUT2D eigenvalue weighted by atomic mass is 9.96. The maximum atomic E-state index is 10.1. The Kier molecular flexibility index (Phi) is 4.31. The molecule has 1 aliphatic heterocycles. The molecule has 6 rings (SSSR count). The average Bonchev–Trinajstić information content (AvgIpc) is 3.46. The van der Waals surface area contributed by atoms with Crippen molar-refractivity contribution in [2.75, 3.05) is 30.4 Å². The quantitative estimate of drug-likeness (QED) is 0.379. The van der Waals surface area contributed by atoms with E-state index in [9.17, 15) is 5.11 Å². The van der Waals surface area contributed by atoms with Gasteiger partial charge in [0, 0.05) is 60.7 Å². The minimum absolute atomic E-state index is 0.583. The molecule has 8 nitrogen and oxygen atoms in total. The van der Waals surface area contributed by atoms with E-state index >= 15 is 0 Å². The molecular formula is C25H24N6O2. The van der Waals surface area contributed by atoms with Gasteiger partial charge >= 0.3 is 0 Å². The summed E-state index contributed by atoms with van der Waals surface area (Å²) < 4.78 is 7.61. The standard InChI is InChI=1S/C25H24N6O2/c1-25(32)14-31(15-25)21-6-5-18(12-22(21)33-2)28-23-24-27-9-10-30(24)13-20(29-23)17-4-3-16-7-8-26-19(16)11-17/h3-13,26,32H,14-15H2,1-2H3,(H,28,29). The van der Waals surface area contributed by atoms with Gasteiger partial charge < -0.3 is 29.4 Å². The minimum Gasteiger partial charge on any atom is -0.495 e. The number of hydrogen-bond acceptors (Lipinski definition) is 6. The van der Waals surface area contributed by atoms with Crippen LogP contribution in [0.1, 0.15) is 6.92 Å². The normalized spacial score (nSPS) is 15.1. The maximum absolute atomic E-state index is 10.1. The molecule has 0 aliphatic carbocycles. The van der Waals surface area contributed by atoms with Gasteiger partial charge in [-0.3, -0.25) is 0 Å². The molecule has 0 radical (unpaired) electrons. The fourth-order valence-electron chi connectivity index (χ4n) is 4.46. The number of anilines is 3. The van der Waals surface area contributed by atoms with Gasteiger partial charge in [-0.25, -0.2) is 9.97 Å². The van der Waals surface area contributed by atoms with Crippen molar-refractivity contribution in [3.05, 3.63) is 67.3 Å². The van der Waals surface area contributed by atoms with Crippen molar-refractivity contribution >= 4 is 33.7 Å². The average molecular weight is 441 g/mol. The van der Waals surface area contributed by atoms with Crippen molar-refractivity contribution in [1.82, 2.24) is 19.4 Å². The van der Waals surface area contributed by atoms with E-state index in [0.717, 1.165) is 44.9 Å². The smallest absolute Gasteiger partial charge is 0.180 e. The third-order valence-electron chi connectivity index (χ3n) is 6.07. The fraction of sp³-hybridized carbons (Fsp3) is 0.200. The number of hydrogen-bond donors (Lipinski definition) is 3. The van der Waals surface area contributed by atoms with Crippen LogP contribution in [0.4, 0.5) is 17.2 Å². The van der Waals surface area contributed by atoms with Gasteiger partial charge in [-0.1, -0.05) is 12.1 Å². The predicted octanol–water partition coefficient (Wildman–Crippen LogP) is 4.20. The van der Waals surface area contributed by atoms with Crippen LogP contribution in [0.5, 0.6) is 5.75 Å². The number of benzene rings is 2. The summed E-state index contributed by atoms with van der Waals surface area (Å²) in [5.41, 5.74) is 4.81. The van der Waals surface area contributed by atoms with Crippen LogP contribution in [0.25, 0.3) is 27.8 Å². The topological polar surface area (TPSA) is 90.7 Å². The van der Waals surface area contributed by atoms with Crippen LogP contribution in [0.2, 0.25) is 0 Å². The van der Waals surface area contributed by atoms with Gasteiger partial charge in [-0.2, -0.15) is 0 Å². The molecule has 3 aromatic heterocycles. The van der Waals surface area contributed by atoms with Crippen LogP contribution in [0, 0.1) is 0 Å². The summed E-state index contributed by atoms with van der Waals surface area (Å²) in [6.45, 7) is 3.01. The van der Waals surface area contributed by atoms with Gasteiger partial charge in [-0.05, 0) is 36.6 Å². The van der Waals surface area contributed by atoms with Gasteiger partial charge in [0.1, 0.15) is 5.75 Å². The molecule has 1 fully saturated rings. The molecule has 5 aromatic rings. The number of ether oxygens (including phenoxy) is 1. The SMILES string of the molecule is COc1cc(Nc2nc(-c3ccc4cc[nH]c4c3)cn3ccnc23)ccc1N1CC(C)(O)C1. The molecule has 0 saturated carbocycles. The zero-order chi connectivity index (χ0) is 22.6. The Morgan fingerprint density at radius 1 is 1.15 bits per heavy atom. The van der Waals surface area contributed by atoms with Gasteiger partial charge in [0.25, 0.3) is 0 Å². The van der Waals surface area contributed by atoms with Crippen molar-refractivity contribution < 1.29 is 9.84 Å². The van der Waals surface area contributed by atoms with Gasteiger partial charge in [0.15, 0.2) is 11.5 Å². The highest BCUT2D eigenvalue weighted by Gasteiger charge is 2.37. The van der Waals surface area contributed by atoms with Crippen molar-refractivity contribution in [2.45, 2.75) is 12.5 Å². The van der Waals surface area contributed by atoms with Gasteiger partial charge in [0.2, 0.25) is 0 Å². The summed E-state index contributed by atoms with van der Waals surface area (Å²) in [6.07, 6.45) is 7.60. The third kappa shape index (κ3) is 3.44. The summed E-state index contributed by atoms with van der Waals surface area (Å²) in [5, 5.41) is 14.7. The Labute approximate surface area is 190 Å². The summed E-state index contributed by atoms with van der Waals surface area (Å²) in [6, 6.07) is 14.3. The molecular weight excluding hydrogens is 416 g/mol. The second-order valence-corrected chi connectivity index (χ2v) is 8.78. The maximum Gasteiger partial charge on any atom is 0.180 e. The molecule has 166 valence electrons. The zero-order valence-corrected chi connectivity index (χ0v) is 18.4. The van der Waals surface area contributed by atoms with Crippen LogP contribution in [0.15, 0.2) is 67.3 Å². The molecule has 33 heavy (non-hydrogen) atoms. The predicted molar refractivity (Wildman–Crippen MR) is 129 cm³/mol. The van der Waals surface area contributed by atoms with Crippen LogP contribution < -0.4 is 15.0 Å². The molecule has 4 heterocycles. The summed E-state index contributed by atoms with van der Waals surface area (Å²) in [4.78, 5) is 14.7. The van der Waals surface area contributed by atoms with Crippen LogP contribution in [-0.4, -0.2) is 50.3 Å². The second kappa shape index (κ2) is 7.25. The van der Waals surface area contributed by atoms with Crippen LogP contribution in [-0.2, 0) is 0 Å². The van der Waals surface area contributed by atoms with Crippen molar-refractivity contribution in [3.8, 4) is 17.0 Å². The Morgan fingerprint density at radius 3 is 2.85 bits per heavy atom. The van der Waals surface area contributed by atoms with Gasteiger partial charge in [0.05, 0.1) is 24.1 Å². The number of nitrogens with one attached hydrogen (secondary N) is 2. The Balaban J connectivity index is 1.36. The first-order valence-electron chi connectivity index (χ1n) is 10.8. The number of aromatic nitrogens is 4. The lowest BCUT2D eigenvalue weighted by molar-refractivity contribution is 0.0308. The van der Waals surface area contributed by atoms with Crippen LogP contribution in [0.3, 0.4) is 0 Å². The lowest BCUT2D eigenvalue weighted by Crippen LogP contribution is -2.60. The first-order chi connectivity index (χ1) is 16.0. The zero-order valence-electron chi connectivity index (χ0n) is 18.4. The first kappa shape index (κ1) is 19.6. The number of rotatable bonds is 5. The first-order valence-corrected chi connectivity index (χ1v) is 10.8. The Hall–Kier alpha value is -4.04. The minimum atomic E-state index is -0.651. The number of aromatic amines is 1. The molecule has 2 aromatic carbocycles. The van der Waals surface area contributed by atoms with E-state index in [1.54, 1.807) is 13.3 Å². The molecule has 0 unspecified atom stereocenters. The molecule has 0 amide bonds. The van der Waals surface area contributed by atoms with Crippen LogP contribution >= 0.6 is 0 Å². The summed E-state index contributed by atoms with van der Waals surface area (Å²) >= 11 is 0. The summed E-state index contributed by atoms with van der Waals surface area (Å²) in [5.74, 6) is 1.40. The number of fused-ring (bicyclic) bond motifs is 2. The molecule has 0 spiro atoms. The summed E-state index contributed by atoms with van der Waals surface area (Å²) in [7, 11) is 1.66. The number of aliphatic hydroxyl groups is 1. The largest absolute Gasteiger partial charge is 0.495 e. The van der Waals surface area contributed by atoms with E-state index < -0.39 is 5.60 Å². The Bertz CT molecular complexity index is 1480. The molecule has 8 heteroatoms. The van der Waals surface area contributed by atoms with Gasteiger partial charge in [-0.15, -0.1) is 0 Å². The van der Waals surface area contributed by atoms with Crippen molar-refractivity contribution in [1.29, 1.82) is 0 Å². The van der Waals surface area contributed by atoms with E-state index in [4.69, 9.17) is 9.72 Å². The van der Waals surface area contributed by atoms with E-state index in [1.807, 2.05) is 48.1 Å². The second-order valence-electron chi connectivity index (χ2n) is 8.78. The monoisotopic (exact) mass is 440 g/mol. The number of imidazole rings is 1. The van der Waals surface area contributed by atoms with E-state index in [1.165, 1.54) is 0 Å².